The minimum absolute atomic E-state index is 0.0813. The zero-order valence-corrected chi connectivity index (χ0v) is 8.24. The van der Waals surface area contributed by atoms with Gasteiger partial charge in [0.1, 0.15) is 5.75 Å². The second-order valence-corrected chi connectivity index (χ2v) is 3.40. The van der Waals surface area contributed by atoms with Gasteiger partial charge in [0.2, 0.25) is 0 Å². The second kappa shape index (κ2) is 3.81. The molecule has 16 heavy (non-hydrogen) atoms. The molecule has 0 aliphatic rings. The van der Waals surface area contributed by atoms with Crippen LogP contribution in [-0.4, -0.2) is 5.11 Å². The van der Waals surface area contributed by atoms with Gasteiger partial charge in [-0.2, -0.15) is 0 Å². The zero-order chi connectivity index (χ0) is 11.7. The van der Waals surface area contributed by atoms with Crippen LogP contribution in [0.3, 0.4) is 0 Å². The molecule has 0 saturated heterocycles. The maximum absolute atomic E-state index is 13.0. The summed E-state index contributed by atoms with van der Waals surface area (Å²) in [6, 6.07) is 8.08. The molecule has 0 bridgehead atoms. The van der Waals surface area contributed by atoms with Crippen LogP contribution in [0.25, 0.3) is 11.1 Å². The van der Waals surface area contributed by atoms with Gasteiger partial charge in [-0.05, 0) is 35.4 Å². The van der Waals surface area contributed by atoms with Crippen molar-refractivity contribution in [2.45, 2.75) is 0 Å². The number of nitrogens with two attached hydrogens (primary N) is 1. The van der Waals surface area contributed by atoms with Crippen LogP contribution in [0.15, 0.2) is 36.4 Å². The number of aromatic hydroxyl groups is 1. The van der Waals surface area contributed by atoms with Gasteiger partial charge in [0.05, 0.1) is 5.69 Å². The largest absolute Gasteiger partial charge is 0.506 e. The Labute approximate surface area is 91.0 Å². The molecule has 0 unspecified atom stereocenters. The number of halogens is 2. The first-order chi connectivity index (χ1) is 7.58. The highest BCUT2D eigenvalue weighted by atomic mass is 19.2. The predicted molar refractivity (Wildman–Crippen MR) is 57.9 cm³/mol. The average Bonchev–Trinajstić information content (AvgIpc) is 2.26. The molecule has 4 heteroatoms. The van der Waals surface area contributed by atoms with Gasteiger partial charge in [-0.1, -0.05) is 12.1 Å². The highest BCUT2D eigenvalue weighted by molar-refractivity contribution is 5.69. The van der Waals surface area contributed by atoms with Crippen LogP contribution in [-0.2, 0) is 0 Å². The Balaban J connectivity index is 2.50. The lowest BCUT2D eigenvalue weighted by atomic mass is 10.0. The highest BCUT2D eigenvalue weighted by Gasteiger charge is 2.06. The Morgan fingerprint density at radius 2 is 1.50 bits per heavy atom. The number of rotatable bonds is 1. The van der Waals surface area contributed by atoms with E-state index in [9.17, 15) is 13.9 Å². The van der Waals surface area contributed by atoms with E-state index in [1.165, 1.54) is 18.2 Å². The topological polar surface area (TPSA) is 46.2 Å². The minimum atomic E-state index is -0.922. The van der Waals surface area contributed by atoms with Crippen molar-refractivity contribution in [2.24, 2.45) is 0 Å². The summed E-state index contributed by atoms with van der Waals surface area (Å²) in [6.07, 6.45) is 0. The van der Waals surface area contributed by atoms with Crippen molar-refractivity contribution in [1.29, 1.82) is 0 Å². The first kappa shape index (κ1) is 10.4. The van der Waals surface area contributed by atoms with Crippen molar-refractivity contribution in [3.8, 4) is 16.9 Å². The monoisotopic (exact) mass is 221 g/mol. The summed E-state index contributed by atoms with van der Waals surface area (Å²) < 4.78 is 25.7. The van der Waals surface area contributed by atoms with Crippen LogP contribution < -0.4 is 5.73 Å². The summed E-state index contributed by atoms with van der Waals surface area (Å²) in [7, 11) is 0. The molecule has 0 spiro atoms. The molecule has 0 aliphatic carbocycles. The Morgan fingerprint density at radius 3 is 2.12 bits per heavy atom. The number of hydrogen-bond donors (Lipinski definition) is 2. The molecule has 0 amide bonds. The standard InChI is InChI=1S/C12H9F2NO/c13-9-3-1-7(5-10(9)14)8-2-4-11(15)12(16)6-8/h1-6,16H,15H2. The third-order valence-electron chi connectivity index (χ3n) is 2.28. The molecular weight excluding hydrogens is 212 g/mol. The molecule has 0 aliphatic heterocycles. The third kappa shape index (κ3) is 1.82. The predicted octanol–water partition coefficient (Wildman–Crippen LogP) is 2.92. The Kier molecular flexibility index (Phi) is 2.48. The summed E-state index contributed by atoms with van der Waals surface area (Å²) in [5.74, 6) is -1.90. The molecule has 2 nitrogen and oxygen atoms in total. The quantitative estimate of drug-likeness (QED) is 0.574. The van der Waals surface area contributed by atoms with Crippen LogP contribution in [0.5, 0.6) is 5.75 Å². The fourth-order valence-corrected chi connectivity index (χ4v) is 1.40. The zero-order valence-electron chi connectivity index (χ0n) is 8.24. The van der Waals surface area contributed by atoms with Crippen LogP contribution >= 0.6 is 0 Å². The van der Waals surface area contributed by atoms with Crippen molar-refractivity contribution in [3.63, 3.8) is 0 Å². The van der Waals surface area contributed by atoms with E-state index in [1.54, 1.807) is 6.07 Å². The number of phenols is 1. The van der Waals surface area contributed by atoms with Crippen LogP contribution in [0, 0.1) is 11.6 Å². The summed E-state index contributed by atoms with van der Waals surface area (Å²) in [5.41, 5.74) is 6.73. The van der Waals surface area contributed by atoms with Crippen LogP contribution in [0.4, 0.5) is 14.5 Å². The first-order valence-electron chi connectivity index (χ1n) is 4.62. The molecule has 2 aromatic rings. The van der Waals surface area contributed by atoms with Crippen molar-refractivity contribution in [3.05, 3.63) is 48.0 Å². The molecule has 0 fully saturated rings. The van der Waals surface area contributed by atoms with E-state index in [0.29, 0.717) is 11.1 Å². The van der Waals surface area contributed by atoms with E-state index < -0.39 is 11.6 Å². The van der Waals surface area contributed by atoms with Crippen molar-refractivity contribution >= 4 is 5.69 Å². The first-order valence-corrected chi connectivity index (χ1v) is 4.62. The summed E-state index contributed by atoms with van der Waals surface area (Å²) >= 11 is 0. The van der Waals surface area contributed by atoms with Crippen LogP contribution in [0.2, 0.25) is 0 Å². The fourth-order valence-electron chi connectivity index (χ4n) is 1.40. The lowest BCUT2D eigenvalue weighted by Gasteiger charge is -2.04. The summed E-state index contributed by atoms with van der Waals surface area (Å²) in [5, 5.41) is 9.39. The van der Waals surface area contributed by atoms with Crippen molar-refractivity contribution in [1.82, 2.24) is 0 Å². The van der Waals surface area contributed by atoms with Gasteiger partial charge in [0.25, 0.3) is 0 Å². The second-order valence-electron chi connectivity index (χ2n) is 3.40. The van der Waals surface area contributed by atoms with Gasteiger partial charge in [-0.3, -0.25) is 0 Å². The van der Waals surface area contributed by atoms with Gasteiger partial charge in [-0.25, -0.2) is 8.78 Å². The van der Waals surface area contributed by atoms with E-state index >= 15 is 0 Å². The van der Waals surface area contributed by atoms with E-state index in [1.807, 2.05) is 0 Å². The SMILES string of the molecule is Nc1ccc(-c2ccc(F)c(F)c2)cc1O. The van der Waals surface area contributed by atoms with E-state index in [4.69, 9.17) is 5.73 Å². The number of phenolic OH excluding ortho intramolecular Hbond substituents is 1. The molecule has 2 rings (SSSR count). The van der Waals surface area contributed by atoms with Crippen LogP contribution in [0.1, 0.15) is 0 Å². The summed E-state index contributed by atoms with van der Waals surface area (Å²) in [6.45, 7) is 0. The van der Waals surface area contributed by atoms with Crippen molar-refractivity contribution < 1.29 is 13.9 Å². The minimum Gasteiger partial charge on any atom is -0.506 e. The van der Waals surface area contributed by atoms with Gasteiger partial charge in [-0.15, -0.1) is 0 Å². The molecule has 0 saturated carbocycles. The average molecular weight is 221 g/mol. The highest BCUT2D eigenvalue weighted by Crippen LogP contribution is 2.28. The fraction of sp³-hybridized carbons (Fsp3) is 0. The van der Waals surface area contributed by atoms with Gasteiger partial charge >= 0.3 is 0 Å². The molecular formula is C12H9F2NO. The molecule has 2 aromatic carbocycles. The molecule has 0 atom stereocenters. The smallest absolute Gasteiger partial charge is 0.159 e. The number of anilines is 1. The molecule has 0 heterocycles. The number of hydrogen-bond acceptors (Lipinski definition) is 2. The van der Waals surface area contributed by atoms with Gasteiger partial charge in [0.15, 0.2) is 11.6 Å². The molecule has 82 valence electrons. The molecule has 0 aromatic heterocycles. The summed E-state index contributed by atoms with van der Waals surface area (Å²) in [4.78, 5) is 0. The van der Waals surface area contributed by atoms with Crippen molar-refractivity contribution in [2.75, 3.05) is 5.73 Å². The molecule has 0 radical (unpaired) electrons. The maximum atomic E-state index is 13.0. The van der Waals surface area contributed by atoms with E-state index in [0.717, 1.165) is 12.1 Å². The Bertz CT molecular complexity index is 491. The van der Waals surface area contributed by atoms with E-state index in [2.05, 4.69) is 0 Å². The van der Waals surface area contributed by atoms with Gasteiger partial charge < -0.3 is 10.8 Å². The normalized spacial score (nSPS) is 10.4. The number of benzene rings is 2. The van der Waals surface area contributed by atoms with Gasteiger partial charge in [0, 0.05) is 0 Å². The number of nitrogen functional groups attached to an aromatic ring is 1. The maximum Gasteiger partial charge on any atom is 0.159 e. The third-order valence-corrected chi connectivity index (χ3v) is 2.28. The Morgan fingerprint density at radius 1 is 0.875 bits per heavy atom. The lowest BCUT2D eigenvalue weighted by Crippen LogP contribution is -1.88. The van der Waals surface area contributed by atoms with E-state index in [-0.39, 0.29) is 11.4 Å². The Hall–Kier alpha value is -2.10. The molecule has 3 N–H and O–H groups in total. The lowest BCUT2D eigenvalue weighted by molar-refractivity contribution is 0.478.